The maximum Gasteiger partial charge on any atom is 0.148 e. The normalized spacial score (nSPS) is 28.7. The molecule has 3 fully saturated rings. The fourth-order valence-corrected chi connectivity index (χ4v) is 2.33. The lowest BCUT2D eigenvalue weighted by molar-refractivity contribution is -0.133. The molecule has 3 nitrogen and oxygen atoms in total. The molecule has 0 amide bonds. The van der Waals surface area contributed by atoms with E-state index in [9.17, 15) is 4.39 Å². The predicted octanol–water partition coefficient (Wildman–Crippen LogP) is 1.39. The van der Waals surface area contributed by atoms with Gasteiger partial charge >= 0.3 is 0 Å². The molecular weight excluding hydrogens is 195 g/mol. The molecule has 3 aliphatic rings. The van der Waals surface area contributed by atoms with E-state index < -0.39 is 0 Å². The molecule has 1 aromatic carbocycles. The van der Waals surface area contributed by atoms with Crippen LogP contribution in [0.15, 0.2) is 18.2 Å². The highest BCUT2D eigenvalue weighted by Gasteiger charge is 2.38. The Kier molecular flexibility index (Phi) is 1.85. The average Bonchev–Trinajstić information content (AvgIpc) is 2.16. The van der Waals surface area contributed by atoms with Gasteiger partial charge in [-0.3, -0.25) is 0 Å². The van der Waals surface area contributed by atoms with Gasteiger partial charge in [-0.15, -0.1) is 0 Å². The van der Waals surface area contributed by atoms with Gasteiger partial charge < -0.3 is 15.4 Å². The second-order valence-corrected chi connectivity index (χ2v) is 4.23. The van der Waals surface area contributed by atoms with Crippen LogP contribution in [0.3, 0.4) is 0 Å². The van der Waals surface area contributed by atoms with E-state index in [-0.39, 0.29) is 5.82 Å². The van der Waals surface area contributed by atoms with Crippen LogP contribution < -0.4 is 10.6 Å². The summed E-state index contributed by atoms with van der Waals surface area (Å²) >= 11 is 0. The zero-order valence-corrected chi connectivity index (χ0v) is 8.32. The lowest BCUT2D eigenvalue weighted by atomic mass is 9.98. The lowest BCUT2D eigenvalue weighted by Crippen LogP contribution is -2.57. The third-order valence-corrected chi connectivity index (χ3v) is 3.07. The number of anilines is 2. The number of benzene rings is 1. The Labute approximate surface area is 87.6 Å². The summed E-state index contributed by atoms with van der Waals surface area (Å²) in [5.74, 6) is -0.240. The van der Waals surface area contributed by atoms with E-state index in [4.69, 9.17) is 10.5 Å². The van der Waals surface area contributed by atoms with Crippen LogP contribution in [0.4, 0.5) is 15.8 Å². The molecule has 4 heteroatoms. The second kappa shape index (κ2) is 3.10. The van der Waals surface area contributed by atoms with Gasteiger partial charge in [0.15, 0.2) is 0 Å². The molecule has 3 heterocycles. The summed E-state index contributed by atoms with van der Waals surface area (Å²) in [6.45, 7) is 1.58. The van der Waals surface area contributed by atoms with Crippen molar-refractivity contribution in [3.63, 3.8) is 0 Å². The number of morpholine rings is 1. The number of ether oxygens (including phenoxy) is 1. The minimum absolute atomic E-state index is 0.240. The highest BCUT2D eigenvalue weighted by Crippen LogP contribution is 2.32. The van der Waals surface area contributed by atoms with E-state index in [2.05, 4.69) is 0 Å². The molecule has 0 saturated carbocycles. The van der Waals surface area contributed by atoms with Crippen molar-refractivity contribution in [1.29, 1.82) is 0 Å². The first-order valence-corrected chi connectivity index (χ1v) is 5.18. The fraction of sp³-hybridized carbons (Fsp3) is 0.455. The van der Waals surface area contributed by atoms with E-state index in [0.29, 0.717) is 23.6 Å². The molecule has 0 aliphatic carbocycles. The number of halogens is 1. The number of rotatable bonds is 1. The highest BCUT2D eigenvalue weighted by atomic mass is 19.1. The third-order valence-electron chi connectivity index (χ3n) is 3.07. The number of nitrogens with zero attached hydrogens (tertiary/aromatic N) is 1. The van der Waals surface area contributed by atoms with Crippen molar-refractivity contribution in [3.05, 3.63) is 24.0 Å². The first kappa shape index (κ1) is 8.97. The summed E-state index contributed by atoms with van der Waals surface area (Å²) in [7, 11) is 0. The number of hydrogen-bond donors (Lipinski definition) is 1. The van der Waals surface area contributed by atoms with Crippen molar-refractivity contribution in [3.8, 4) is 0 Å². The van der Waals surface area contributed by atoms with Crippen LogP contribution in [0, 0.1) is 5.82 Å². The topological polar surface area (TPSA) is 38.5 Å². The van der Waals surface area contributed by atoms with Crippen LogP contribution in [0.25, 0.3) is 0 Å². The van der Waals surface area contributed by atoms with Gasteiger partial charge in [-0.2, -0.15) is 0 Å². The van der Waals surface area contributed by atoms with Crippen LogP contribution in [0.5, 0.6) is 0 Å². The van der Waals surface area contributed by atoms with Crippen LogP contribution in [-0.4, -0.2) is 25.3 Å². The van der Waals surface area contributed by atoms with Gasteiger partial charge in [-0.1, -0.05) is 0 Å². The Morgan fingerprint density at radius 1 is 1.33 bits per heavy atom. The molecule has 0 radical (unpaired) electrons. The molecular formula is C11H13FN2O. The van der Waals surface area contributed by atoms with Crippen molar-refractivity contribution in [2.75, 3.05) is 23.7 Å². The number of nitrogens with two attached hydrogens (primary N) is 1. The maximum atomic E-state index is 13.6. The van der Waals surface area contributed by atoms with Gasteiger partial charge in [0.25, 0.3) is 0 Å². The van der Waals surface area contributed by atoms with Gasteiger partial charge in [-0.25, -0.2) is 4.39 Å². The summed E-state index contributed by atoms with van der Waals surface area (Å²) < 4.78 is 19.1. The van der Waals surface area contributed by atoms with Crippen LogP contribution in [0.2, 0.25) is 0 Å². The molecule has 2 N–H and O–H groups in total. The summed E-state index contributed by atoms with van der Waals surface area (Å²) in [4.78, 5) is 2.04. The van der Waals surface area contributed by atoms with Crippen LogP contribution >= 0.6 is 0 Å². The van der Waals surface area contributed by atoms with Crippen molar-refractivity contribution < 1.29 is 9.13 Å². The number of fused-ring (bicyclic) bond motifs is 2. The quantitative estimate of drug-likeness (QED) is 0.709. The number of nitrogen functional groups attached to an aromatic ring is 1. The zero-order chi connectivity index (χ0) is 10.4. The minimum atomic E-state index is -0.240. The first-order valence-electron chi connectivity index (χ1n) is 5.18. The molecule has 3 aliphatic heterocycles. The summed E-state index contributed by atoms with van der Waals surface area (Å²) in [5, 5.41) is 0. The van der Waals surface area contributed by atoms with Crippen molar-refractivity contribution in [2.24, 2.45) is 0 Å². The Hall–Kier alpha value is -1.29. The molecule has 2 atom stereocenters. The molecule has 0 spiro atoms. The molecule has 3 saturated heterocycles. The molecule has 1 aromatic rings. The van der Waals surface area contributed by atoms with E-state index in [1.54, 1.807) is 12.1 Å². The Bertz CT molecular complexity index is 380. The molecule has 80 valence electrons. The largest absolute Gasteiger partial charge is 0.399 e. The number of hydrogen-bond acceptors (Lipinski definition) is 3. The van der Waals surface area contributed by atoms with Gasteiger partial charge in [0, 0.05) is 25.2 Å². The molecule has 2 bridgehead atoms. The minimum Gasteiger partial charge on any atom is -0.399 e. The summed E-state index contributed by atoms with van der Waals surface area (Å²) in [5.41, 5.74) is 6.62. The Morgan fingerprint density at radius 2 is 2.00 bits per heavy atom. The Morgan fingerprint density at radius 3 is 2.60 bits per heavy atom. The highest BCUT2D eigenvalue weighted by molar-refractivity contribution is 5.55. The van der Waals surface area contributed by atoms with E-state index in [1.165, 1.54) is 6.07 Å². The van der Waals surface area contributed by atoms with Gasteiger partial charge in [0.1, 0.15) is 5.82 Å². The fourth-order valence-electron chi connectivity index (χ4n) is 2.33. The Balaban J connectivity index is 1.86. The smallest absolute Gasteiger partial charge is 0.148 e. The summed E-state index contributed by atoms with van der Waals surface area (Å²) in [6.07, 6.45) is 1.70. The van der Waals surface area contributed by atoms with Gasteiger partial charge in [0.05, 0.1) is 17.9 Å². The van der Waals surface area contributed by atoms with Gasteiger partial charge in [0.2, 0.25) is 0 Å². The summed E-state index contributed by atoms with van der Waals surface area (Å²) in [6, 6.07) is 4.85. The average molecular weight is 208 g/mol. The van der Waals surface area contributed by atoms with Crippen molar-refractivity contribution >= 4 is 11.4 Å². The molecule has 15 heavy (non-hydrogen) atoms. The molecule has 2 unspecified atom stereocenters. The second-order valence-electron chi connectivity index (χ2n) is 4.23. The maximum absolute atomic E-state index is 13.6. The van der Waals surface area contributed by atoms with Crippen molar-refractivity contribution in [2.45, 2.75) is 18.6 Å². The predicted molar refractivity (Wildman–Crippen MR) is 56.3 cm³/mol. The zero-order valence-electron chi connectivity index (χ0n) is 8.32. The number of piperidine rings is 1. The van der Waals surface area contributed by atoms with E-state index in [1.807, 2.05) is 4.90 Å². The third kappa shape index (κ3) is 1.45. The van der Waals surface area contributed by atoms with Gasteiger partial charge in [-0.05, 0) is 18.2 Å². The van der Waals surface area contributed by atoms with E-state index in [0.717, 1.165) is 19.5 Å². The SMILES string of the molecule is Nc1ccc(N2CC3CC(C2)O3)c(F)c1. The van der Waals surface area contributed by atoms with Crippen molar-refractivity contribution in [1.82, 2.24) is 0 Å². The lowest BCUT2D eigenvalue weighted by Gasteiger charge is -2.48. The van der Waals surface area contributed by atoms with E-state index >= 15 is 0 Å². The standard InChI is InChI=1S/C11H13FN2O/c12-10-3-7(13)1-2-11(10)14-5-8-4-9(6-14)15-8/h1-3,8-9H,4-6,13H2. The molecule has 4 rings (SSSR count). The monoisotopic (exact) mass is 208 g/mol. The first-order chi connectivity index (χ1) is 7.22. The van der Waals surface area contributed by atoms with Crippen LogP contribution in [-0.2, 0) is 4.74 Å². The molecule has 0 aromatic heterocycles. The van der Waals surface area contributed by atoms with Crippen LogP contribution in [0.1, 0.15) is 6.42 Å².